The van der Waals surface area contributed by atoms with Crippen molar-refractivity contribution in [2.24, 2.45) is 5.92 Å². The SMILES string of the molecule is C[C@H]1C[C@@H](C)N(P)C1. The van der Waals surface area contributed by atoms with Crippen molar-refractivity contribution in [3.63, 3.8) is 0 Å². The Hall–Kier alpha value is 0.390. The first-order valence-corrected chi connectivity index (χ1v) is 3.73. The van der Waals surface area contributed by atoms with Gasteiger partial charge in [-0.05, 0) is 19.3 Å². The van der Waals surface area contributed by atoms with Crippen molar-refractivity contribution in [2.45, 2.75) is 26.3 Å². The van der Waals surface area contributed by atoms with Crippen LogP contribution in [0.15, 0.2) is 0 Å². The van der Waals surface area contributed by atoms with Crippen LogP contribution in [0.1, 0.15) is 20.3 Å². The molecule has 1 unspecified atom stereocenters. The van der Waals surface area contributed by atoms with Crippen molar-refractivity contribution in [1.29, 1.82) is 0 Å². The predicted molar refractivity (Wildman–Crippen MR) is 39.7 cm³/mol. The highest BCUT2D eigenvalue weighted by Gasteiger charge is 2.21. The summed E-state index contributed by atoms with van der Waals surface area (Å²) in [6.07, 6.45) is 1.36. The van der Waals surface area contributed by atoms with Crippen molar-refractivity contribution in [1.82, 2.24) is 4.67 Å². The standard InChI is InChI=1S/C6H14NP/c1-5-3-6(2)7(8)4-5/h5-6H,3-4,8H2,1-2H3/t5-,6+/m0/s1. The fraction of sp³-hybridized carbons (Fsp3) is 1.00. The summed E-state index contributed by atoms with van der Waals surface area (Å²) in [4.78, 5) is 0. The minimum absolute atomic E-state index is 0.787. The van der Waals surface area contributed by atoms with Crippen molar-refractivity contribution in [3.05, 3.63) is 0 Å². The van der Waals surface area contributed by atoms with E-state index in [0.29, 0.717) is 0 Å². The van der Waals surface area contributed by atoms with E-state index in [1.165, 1.54) is 13.0 Å². The molecule has 0 amide bonds. The lowest BCUT2D eigenvalue weighted by molar-refractivity contribution is 0.464. The highest BCUT2D eigenvalue weighted by molar-refractivity contribution is 7.13. The molecule has 0 saturated carbocycles. The third-order valence-electron chi connectivity index (χ3n) is 1.83. The van der Waals surface area contributed by atoms with Crippen molar-refractivity contribution < 1.29 is 0 Å². The Bertz CT molecular complexity index is 74.6. The molecule has 0 bridgehead atoms. The van der Waals surface area contributed by atoms with Gasteiger partial charge in [-0.25, -0.2) is 0 Å². The largest absolute Gasteiger partial charge is 0.284 e. The maximum atomic E-state index is 2.77. The highest BCUT2D eigenvalue weighted by atomic mass is 31.0. The molecule has 2 heteroatoms. The summed E-state index contributed by atoms with van der Waals surface area (Å²) in [7, 11) is 2.77. The fourth-order valence-electron chi connectivity index (χ4n) is 1.33. The van der Waals surface area contributed by atoms with Gasteiger partial charge in [-0.2, -0.15) is 0 Å². The van der Waals surface area contributed by atoms with E-state index in [1.807, 2.05) is 0 Å². The van der Waals surface area contributed by atoms with E-state index in [9.17, 15) is 0 Å². The Kier molecular flexibility index (Phi) is 1.89. The van der Waals surface area contributed by atoms with Crippen LogP contribution in [0.25, 0.3) is 0 Å². The number of rotatable bonds is 0. The Morgan fingerprint density at radius 2 is 2.12 bits per heavy atom. The molecule has 48 valence electrons. The van der Waals surface area contributed by atoms with Crippen LogP contribution in [0, 0.1) is 5.92 Å². The highest BCUT2D eigenvalue weighted by Crippen LogP contribution is 2.24. The molecule has 1 nitrogen and oxygen atoms in total. The molecule has 1 rings (SSSR count). The van der Waals surface area contributed by atoms with Gasteiger partial charge >= 0.3 is 0 Å². The molecule has 3 atom stereocenters. The lowest BCUT2D eigenvalue weighted by atomic mass is 10.1. The monoisotopic (exact) mass is 131 g/mol. The van der Waals surface area contributed by atoms with Crippen LogP contribution in [0.3, 0.4) is 0 Å². The van der Waals surface area contributed by atoms with E-state index in [-0.39, 0.29) is 0 Å². The summed E-state index contributed by atoms with van der Waals surface area (Å²) in [6, 6.07) is 0.787. The lowest BCUT2D eigenvalue weighted by Crippen LogP contribution is -2.14. The molecular formula is C6H14NP. The van der Waals surface area contributed by atoms with Crippen molar-refractivity contribution in [2.75, 3.05) is 6.54 Å². The van der Waals surface area contributed by atoms with Crippen LogP contribution in [0.2, 0.25) is 0 Å². The van der Waals surface area contributed by atoms with Crippen LogP contribution in [-0.2, 0) is 0 Å². The zero-order valence-electron chi connectivity index (χ0n) is 5.59. The van der Waals surface area contributed by atoms with E-state index in [4.69, 9.17) is 0 Å². The minimum atomic E-state index is 0.787. The van der Waals surface area contributed by atoms with Crippen LogP contribution >= 0.6 is 9.39 Å². The quantitative estimate of drug-likeness (QED) is 0.450. The summed E-state index contributed by atoms with van der Waals surface area (Å²) in [5, 5.41) is 0. The average Bonchev–Trinajstić information content (AvgIpc) is 1.85. The maximum Gasteiger partial charge on any atom is 0.0104 e. The molecule has 1 heterocycles. The molecule has 8 heavy (non-hydrogen) atoms. The first kappa shape index (κ1) is 6.51. The molecule has 1 saturated heterocycles. The Balaban J connectivity index is 2.39. The molecule has 0 N–H and O–H groups in total. The lowest BCUT2D eigenvalue weighted by Gasteiger charge is -2.11. The van der Waals surface area contributed by atoms with Gasteiger partial charge in [-0.1, -0.05) is 16.3 Å². The Morgan fingerprint density at radius 3 is 2.25 bits per heavy atom. The first-order chi connectivity index (χ1) is 3.70. The van der Waals surface area contributed by atoms with Gasteiger partial charge in [-0.15, -0.1) is 0 Å². The summed E-state index contributed by atoms with van der Waals surface area (Å²) in [5.74, 6) is 0.905. The number of hydrogen-bond donors (Lipinski definition) is 0. The third-order valence-corrected chi connectivity index (χ3v) is 2.55. The number of nitrogens with zero attached hydrogens (tertiary/aromatic N) is 1. The van der Waals surface area contributed by atoms with Crippen molar-refractivity contribution >= 4 is 9.39 Å². The molecule has 1 aliphatic heterocycles. The topological polar surface area (TPSA) is 3.24 Å². The molecule has 0 aromatic rings. The van der Waals surface area contributed by atoms with Crippen LogP contribution in [0.4, 0.5) is 0 Å². The molecule has 0 aromatic carbocycles. The second-order valence-electron chi connectivity index (χ2n) is 2.89. The molecule has 0 spiro atoms. The minimum Gasteiger partial charge on any atom is -0.284 e. The van der Waals surface area contributed by atoms with Crippen molar-refractivity contribution in [3.8, 4) is 0 Å². The normalized spacial score (nSPS) is 40.9. The molecular weight excluding hydrogens is 117 g/mol. The fourth-order valence-corrected chi connectivity index (χ4v) is 1.81. The molecule has 1 aliphatic rings. The van der Waals surface area contributed by atoms with E-state index in [2.05, 4.69) is 27.9 Å². The molecule has 0 radical (unpaired) electrons. The van der Waals surface area contributed by atoms with Gasteiger partial charge in [0.1, 0.15) is 0 Å². The zero-order valence-corrected chi connectivity index (χ0v) is 6.75. The van der Waals surface area contributed by atoms with Gasteiger partial charge < -0.3 is 0 Å². The zero-order chi connectivity index (χ0) is 6.15. The third kappa shape index (κ3) is 1.21. The average molecular weight is 131 g/mol. The van der Waals surface area contributed by atoms with Crippen LogP contribution in [0.5, 0.6) is 0 Å². The van der Waals surface area contributed by atoms with Gasteiger partial charge in [0, 0.05) is 12.6 Å². The summed E-state index contributed by atoms with van der Waals surface area (Å²) in [5.41, 5.74) is 0. The molecule has 0 aliphatic carbocycles. The van der Waals surface area contributed by atoms with Crippen LogP contribution in [-0.4, -0.2) is 17.3 Å². The first-order valence-electron chi connectivity index (χ1n) is 3.21. The molecule has 0 aromatic heterocycles. The van der Waals surface area contributed by atoms with E-state index in [0.717, 1.165) is 12.0 Å². The predicted octanol–water partition coefficient (Wildman–Crippen LogP) is 1.51. The van der Waals surface area contributed by atoms with Gasteiger partial charge in [0.15, 0.2) is 0 Å². The Morgan fingerprint density at radius 1 is 1.50 bits per heavy atom. The summed E-state index contributed by atoms with van der Waals surface area (Å²) in [6.45, 7) is 5.84. The summed E-state index contributed by atoms with van der Waals surface area (Å²) < 4.78 is 2.34. The van der Waals surface area contributed by atoms with E-state index in [1.54, 1.807) is 0 Å². The summed E-state index contributed by atoms with van der Waals surface area (Å²) >= 11 is 0. The maximum absolute atomic E-state index is 2.77. The van der Waals surface area contributed by atoms with Gasteiger partial charge in [0.25, 0.3) is 0 Å². The van der Waals surface area contributed by atoms with Gasteiger partial charge in [0.05, 0.1) is 0 Å². The van der Waals surface area contributed by atoms with Gasteiger partial charge in [0.2, 0.25) is 0 Å². The smallest absolute Gasteiger partial charge is 0.0104 e. The second kappa shape index (κ2) is 2.33. The van der Waals surface area contributed by atoms with E-state index >= 15 is 0 Å². The van der Waals surface area contributed by atoms with E-state index < -0.39 is 0 Å². The van der Waals surface area contributed by atoms with Gasteiger partial charge in [-0.3, -0.25) is 4.67 Å². The molecule has 1 fully saturated rings. The number of hydrogen-bond acceptors (Lipinski definition) is 1. The van der Waals surface area contributed by atoms with Crippen LogP contribution < -0.4 is 0 Å². The second-order valence-corrected chi connectivity index (χ2v) is 3.55. The Labute approximate surface area is 53.7 Å².